The van der Waals surface area contributed by atoms with Crippen molar-refractivity contribution in [2.45, 2.75) is 37.9 Å². The minimum absolute atomic E-state index is 0.218. The van der Waals surface area contributed by atoms with Gasteiger partial charge in [-0.15, -0.1) is 0 Å². The first-order chi connectivity index (χ1) is 7.07. The van der Waals surface area contributed by atoms with Crippen molar-refractivity contribution in [3.8, 4) is 0 Å². The van der Waals surface area contributed by atoms with Crippen LogP contribution in [0.5, 0.6) is 0 Å². The number of nitrogens with one attached hydrogen (secondary N) is 1. The largest absolute Gasteiger partial charge is 0.468 e. The highest BCUT2D eigenvalue weighted by Gasteiger charge is 2.13. The molecule has 0 aliphatic rings. The molecule has 4 heteroatoms. The predicted octanol–water partition coefficient (Wildman–Crippen LogP) is 2.34. The molecule has 0 aliphatic heterocycles. The summed E-state index contributed by atoms with van der Waals surface area (Å²) in [6.07, 6.45) is 3.69. The van der Waals surface area contributed by atoms with E-state index < -0.39 is 0 Å². The molecule has 0 aromatic heterocycles. The lowest BCUT2D eigenvalue weighted by Crippen LogP contribution is -2.30. The Hall–Kier alpha value is -0.0900. The topological polar surface area (TPSA) is 38.3 Å². The Morgan fingerprint density at radius 3 is 2.60 bits per heavy atom. The fourth-order valence-electron chi connectivity index (χ4n) is 1.24. The molecule has 0 saturated heterocycles. The monoisotopic (exact) mass is 279 g/mol. The molecule has 15 heavy (non-hydrogen) atoms. The van der Waals surface area contributed by atoms with Gasteiger partial charge in [0, 0.05) is 6.54 Å². The van der Waals surface area contributed by atoms with Gasteiger partial charge in [-0.05, 0) is 18.9 Å². The lowest BCUT2D eigenvalue weighted by molar-refractivity contribution is -0.139. The number of halogens is 1. The number of alkyl halides is 1. The van der Waals surface area contributed by atoms with E-state index in [1.807, 2.05) is 0 Å². The normalized spacial score (nSPS) is 12.9. The van der Waals surface area contributed by atoms with Crippen LogP contribution in [0.2, 0.25) is 0 Å². The van der Waals surface area contributed by atoms with Gasteiger partial charge < -0.3 is 10.1 Å². The number of hydrogen-bond donors (Lipinski definition) is 1. The molecule has 0 heterocycles. The molecular formula is C11H22BrNO2. The SMILES string of the molecule is COC(=O)C(Br)CNCCCCC(C)C. The van der Waals surface area contributed by atoms with Crippen LogP contribution in [0.1, 0.15) is 33.1 Å². The second kappa shape index (κ2) is 9.16. The number of carbonyl (C=O) groups excluding carboxylic acids is 1. The van der Waals surface area contributed by atoms with E-state index in [0.29, 0.717) is 6.54 Å². The van der Waals surface area contributed by atoms with Crippen LogP contribution in [-0.2, 0) is 9.53 Å². The van der Waals surface area contributed by atoms with E-state index in [1.54, 1.807) is 0 Å². The molecule has 0 radical (unpaired) electrons. The summed E-state index contributed by atoms with van der Waals surface area (Å²) < 4.78 is 4.60. The Kier molecular flexibility index (Phi) is 9.10. The maximum Gasteiger partial charge on any atom is 0.320 e. The highest BCUT2D eigenvalue weighted by Crippen LogP contribution is 2.05. The van der Waals surface area contributed by atoms with E-state index in [-0.39, 0.29) is 10.8 Å². The summed E-state index contributed by atoms with van der Waals surface area (Å²) in [4.78, 5) is 10.8. The fraction of sp³-hybridized carbons (Fsp3) is 0.909. The molecule has 0 spiro atoms. The Morgan fingerprint density at radius 2 is 2.07 bits per heavy atom. The summed E-state index contributed by atoms with van der Waals surface area (Å²) >= 11 is 3.26. The van der Waals surface area contributed by atoms with Crippen LogP contribution in [0, 0.1) is 5.92 Å². The van der Waals surface area contributed by atoms with Crippen LogP contribution < -0.4 is 5.32 Å². The molecule has 0 saturated carbocycles. The van der Waals surface area contributed by atoms with Crippen molar-refractivity contribution in [1.29, 1.82) is 0 Å². The zero-order chi connectivity index (χ0) is 11.7. The van der Waals surface area contributed by atoms with Crippen LogP contribution in [0.4, 0.5) is 0 Å². The fourth-order valence-corrected chi connectivity index (χ4v) is 1.66. The van der Waals surface area contributed by atoms with E-state index in [1.165, 1.54) is 26.4 Å². The summed E-state index contributed by atoms with van der Waals surface area (Å²) in [6.45, 7) is 6.07. The molecule has 0 bridgehead atoms. The Bertz CT molecular complexity index is 174. The number of methoxy groups -OCH3 is 1. The third-order valence-electron chi connectivity index (χ3n) is 2.17. The standard InChI is InChI=1S/C11H22BrNO2/c1-9(2)6-4-5-7-13-8-10(12)11(14)15-3/h9-10,13H,4-8H2,1-3H3. The van der Waals surface area contributed by atoms with E-state index >= 15 is 0 Å². The van der Waals surface area contributed by atoms with Crippen molar-refractivity contribution in [2.24, 2.45) is 5.92 Å². The zero-order valence-electron chi connectivity index (χ0n) is 9.88. The third kappa shape index (κ3) is 8.88. The number of unbranched alkanes of at least 4 members (excludes halogenated alkanes) is 1. The van der Waals surface area contributed by atoms with Crippen molar-refractivity contribution in [3.05, 3.63) is 0 Å². The average molecular weight is 280 g/mol. The van der Waals surface area contributed by atoms with Crippen molar-refractivity contribution >= 4 is 21.9 Å². The summed E-state index contributed by atoms with van der Waals surface area (Å²) in [5.74, 6) is 0.564. The Morgan fingerprint density at radius 1 is 1.40 bits per heavy atom. The maximum atomic E-state index is 11.0. The maximum absolute atomic E-state index is 11.0. The van der Waals surface area contributed by atoms with Gasteiger partial charge in [-0.1, -0.05) is 42.6 Å². The number of rotatable bonds is 8. The first-order valence-electron chi connectivity index (χ1n) is 5.50. The van der Waals surface area contributed by atoms with Crippen molar-refractivity contribution in [2.75, 3.05) is 20.2 Å². The van der Waals surface area contributed by atoms with Crippen molar-refractivity contribution in [3.63, 3.8) is 0 Å². The van der Waals surface area contributed by atoms with Crippen molar-refractivity contribution in [1.82, 2.24) is 5.32 Å². The van der Waals surface area contributed by atoms with Gasteiger partial charge in [0.05, 0.1) is 7.11 Å². The zero-order valence-corrected chi connectivity index (χ0v) is 11.5. The van der Waals surface area contributed by atoms with E-state index in [9.17, 15) is 4.79 Å². The second-order valence-corrected chi connectivity index (χ2v) is 5.19. The first-order valence-corrected chi connectivity index (χ1v) is 6.42. The molecule has 0 aromatic carbocycles. The highest BCUT2D eigenvalue weighted by molar-refractivity contribution is 9.10. The van der Waals surface area contributed by atoms with Gasteiger partial charge >= 0.3 is 5.97 Å². The molecular weight excluding hydrogens is 258 g/mol. The summed E-state index contributed by atoms with van der Waals surface area (Å²) in [6, 6.07) is 0. The number of hydrogen-bond acceptors (Lipinski definition) is 3. The van der Waals surface area contributed by atoms with E-state index in [4.69, 9.17) is 0 Å². The van der Waals surface area contributed by atoms with Crippen LogP contribution in [0.15, 0.2) is 0 Å². The predicted molar refractivity (Wildman–Crippen MR) is 66.3 cm³/mol. The summed E-state index contributed by atoms with van der Waals surface area (Å²) in [5.41, 5.74) is 0. The molecule has 1 unspecified atom stereocenters. The van der Waals surface area contributed by atoms with Crippen LogP contribution in [0.25, 0.3) is 0 Å². The molecule has 0 aliphatic carbocycles. The van der Waals surface area contributed by atoms with Gasteiger partial charge in [-0.3, -0.25) is 4.79 Å². The van der Waals surface area contributed by atoms with E-state index in [0.717, 1.165) is 12.5 Å². The van der Waals surface area contributed by atoms with E-state index in [2.05, 4.69) is 39.8 Å². The van der Waals surface area contributed by atoms with Gasteiger partial charge in [0.2, 0.25) is 0 Å². The minimum Gasteiger partial charge on any atom is -0.468 e. The van der Waals surface area contributed by atoms with Crippen LogP contribution in [0.3, 0.4) is 0 Å². The minimum atomic E-state index is -0.229. The molecule has 1 N–H and O–H groups in total. The Labute approximate surface area is 101 Å². The molecule has 0 fully saturated rings. The summed E-state index contributed by atoms with van der Waals surface area (Å²) in [5, 5.41) is 3.23. The van der Waals surface area contributed by atoms with Gasteiger partial charge in [0.15, 0.2) is 0 Å². The van der Waals surface area contributed by atoms with Gasteiger partial charge in [0.1, 0.15) is 4.83 Å². The van der Waals surface area contributed by atoms with Crippen LogP contribution >= 0.6 is 15.9 Å². The average Bonchev–Trinajstić information content (AvgIpc) is 2.21. The smallest absolute Gasteiger partial charge is 0.320 e. The van der Waals surface area contributed by atoms with Gasteiger partial charge in [-0.2, -0.15) is 0 Å². The van der Waals surface area contributed by atoms with Gasteiger partial charge in [-0.25, -0.2) is 0 Å². The third-order valence-corrected chi connectivity index (χ3v) is 2.86. The molecule has 0 amide bonds. The number of ether oxygens (including phenoxy) is 1. The molecule has 0 aromatic rings. The van der Waals surface area contributed by atoms with Crippen LogP contribution in [-0.4, -0.2) is 31.0 Å². The number of carbonyl (C=O) groups is 1. The van der Waals surface area contributed by atoms with Gasteiger partial charge in [0.25, 0.3) is 0 Å². The number of esters is 1. The molecule has 0 rings (SSSR count). The highest BCUT2D eigenvalue weighted by atomic mass is 79.9. The lowest BCUT2D eigenvalue weighted by atomic mass is 10.1. The molecule has 3 nitrogen and oxygen atoms in total. The molecule has 90 valence electrons. The second-order valence-electron chi connectivity index (χ2n) is 4.08. The van der Waals surface area contributed by atoms with Crippen molar-refractivity contribution < 1.29 is 9.53 Å². The first kappa shape index (κ1) is 14.9. The quantitative estimate of drug-likeness (QED) is 0.421. The Balaban J connectivity index is 3.27. The molecule has 1 atom stereocenters. The lowest BCUT2D eigenvalue weighted by Gasteiger charge is -2.09. The summed E-state index contributed by atoms with van der Waals surface area (Å²) in [7, 11) is 1.40.